The van der Waals surface area contributed by atoms with Crippen molar-refractivity contribution in [2.24, 2.45) is 0 Å². The fraction of sp³-hybridized carbons (Fsp3) is 0.294. The van der Waals surface area contributed by atoms with Crippen LogP contribution >= 0.6 is 0 Å². The fourth-order valence-corrected chi connectivity index (χ4v) is 2.41. The second-order valence-electron chi connectivity index (χ2n) is 5.16. The summed E-state index contributed by atoms with van der Waals surface area (Å²) in [5.74, 6) is 0.950. The van der Waals surface area contributed by atoms with Crippen LogP contribution in [0.4, 0.5) is 0 Å². The molecule has 0 amide bonds. The molecule has 0 spiro atoms. The third-order valence-corrected chi connectivity index (χ3v) is 3.38. The lowest BCUT2D eigenvalue weighted by molar-refractivity contribution is 0.320. The van der Waals surface area contributed by atoms with Gasteiger partial charge >= 0.3 is 0 Å². The number of benzene rings is 2. The molecule has 0 saturated heterocycles. The number of nitrogens with zero attached hydrogens (tertiary/aromatic N) is 2. The van der Waals surface area contributed by atoms with Crippen molar-refractivity contribution < 1.29 is 4.74 Å². The standard InChI is InChI=1S/C17H18N2O/c1-4-20-17-15(11(2)3)18-14-10-9-12-7-5-6-8-13(12)16(14)19-17/h5-11H,4H2,1-3H3. The van der Waals surface area contributed by atoms with Crippen LogP contribution in [-0.2, 0) is 0 Å². The lowest BCUT2D eigenvalue weighted by atomic mass is 10.1. The largest absolute Gasteiger partial charge is 0.477 e. The summed E-state index contributed by atoms with van der Waals surface area (Å²) < 4.78 is 5.68. The van der Waals surface area contributed by atoms with Crippen LogP contribution in [0, 0.1) is 0 Å². The van der Waals surface area contributed by atoms with Gasteiger partial charge in [-0.15, -0.1) is 0 Å². The minimum Gasteiger partial charge on any atom is -0.477 e. The highest BCUT2D eigenvalue weighted by Crippen LogP contribution is 2.29. The molecule has 3 heteroatoms. The smallest absolute Gasteiger partial charge is 0.236 e. The number of aromatic nitrogens is 2. The highest BCUT2D eigenvalue weighted by Gasteiger charge is 2.14. The maximum Gasteiger partial charge on any atom is 0.236 e. The van der Waals surface area contributed by atoms with Gasteiger partial charge in [0.2, 0.25) is 5.88 Å². The number of ether oxygens (including phenoxy) is 1. The first-order chi connectivity index (χ1) is 9.70. The average molecular weight is 266 g/mol. The lowest BCUT2D eigenvalue weighted by Gasteiger charge is -2.13. The van der Waals surface area contributed by atoms with Crippen molar-refractivity contribution in [1.82, 2.24) is 9.97 Å². The van der Waals surface area contributed by atoms with Crippen molar-refractivity contribution in [3.8, 4) is 5.88 Å². The van der Waals surface area contributed by atoms with Gasteiger partial charge in [-0.2, -0.15) is 0 Å². The van der Waals surface area contributed by atoms with E-state index in [1.807, 2.05) is 25.1 Å². The molecule has 0 bridgehead atoms. The van der Waals surface area contributed by atoms with E-state index in [9.17, 15) is 0 Å². The minimum absolute atomic E-state index is 0.292. The first-order valence-corrected chi connectivity index (χ1v) is 7.03. The van der Waals surface area contributed by atoms with E-state index in [0.717, 1.165) is 22.1 Å². The van der Waals surface area contributed by atoms with Gasteiger partial charge in [-0.25, -0.2) is 9.97 Å². The molecule has 0 aliphatic carbocycles. The monoisotopic (exact) mass is 266 g/mol. The summed E-state index contributed by atoms with van der Waals surface area (Å²) in [5.41, 5.74) is 2.77. The van der Waals surface area contributed by atoms with Crippen LogP contribution in [-0.4, -0.2) is 16.6 Å². The Balaban J connectivity index is 2.35. The van der Waals surface area contributed by atoms with Crippen molar-refractivity contribution in [3.63, 3.8) is 0 Å². The first-order valence-electron chi connectivity index (χ1n) is 7.03. The molecule has 0 saturated carbocycles. The predicted octanol–water partition coefficient (Wildman–Crippen LogP) is 4.31. The molecular weight excluding hydrogens is 248 g/mol. The molecule has 0 N–H and O–H groups in total. The molecular formula is C17H18N2O. The van der Waals surface area contributed by atoms with E-state index in [1.54, 1.807) is 0 Å². The molecule has 0 aliphatic heterocycles. The normalized spacial score (nSPS) is 11.4. The fourth-order valence-electron chi connectivity index (χ4n) is 2.41. The molecule has 102 valence electrons. The van der Waals surface area contributed by atoms with Crippen LogP contribution in [0.1, 0.15) is 32.4 Å². The summed E-state index contributed by atoms with van der Waals surface area (Å²) in [4.78, 5) is 9.49. The van der Waals surface area contributed by atoms with Crippen molar-refractivity contribution in [2.45, 2.75) is 26.7 Å². The van der Waals surface area contributed by atoms with Crippen LogP contribution in [0.3, 0.4) is 0 Å². The Kier molecular flexibility index (Phi) is 3.26. The molecule has 0 fully saturated rings. The molecule has 3 rings (SSSR count). The summed E-state index contributed by atoms with van der Waals surface area (Å²) in [6, 6.07) is 12.4. The Labute approximate surface area is 118 Å². The molecule has 0 unspecified atom stereocenters. The van der Waals surface area contributed by atoms with Crippen molar-refractivity contribution in [2.75, 3.05) is 6.61 Å². The number of fused-ring (bicyclic) bond motifs is 3. The highest BCUT2D eigenvalue weighted by molar-refractivity contribution is 6.03. The average Bonchev–Trinajstić information content (AvgIpc) is 2.46. The Hall–Kier alpha value is -2.16. The number of rotatable bonds is 3. The van der Waals surface area contributed by atoms with Gasteiger partial charge < -0.3 is 4.74 Å². The van der Waals surface area contributed by atoms with E-state index in [2.05, 4.69) is 32.0 Å². The van der Waals surface area contributed by atoms with Crippen molar-refractivity contribution in [1.29, 1.82) is 0 Å². The van der Waals surface area contributed by atoms with E-state index in [0.29, 0.717) is 18.4 Å². The highest BCUT2D eigenvalue weighted by atomic mass is 16.5. The van der Waals surface area contributed by atoms with Crippen LogP contribution < -0.4 is 4.74 Å². The maximum atomic E-state index is 5.68. The molecule has 2 aromatic carbocycles. The van der Waals surface area contributed by atoms with E-state index in [4.69, 9.17) is 14.7 Å². The summed E-state index contributed by atoms with van der Waals surface area (Å²) in [5, 5.41) is 2.29. The zero-order valence-electron chi connectivity index (χ0n) is 12.1. The summed E-state index contributed by atoms with van der Waals surface area (Å²) in [6.45, 7) is 6.79. The van der Waals surface area contributed by atoms with Crippen LogP contribution in [0.25, 0.3) is 21.8 Å². The van der Waals surface area contributed by atoms with Gasteiger partial charge in [0, 0.05) is 11.3 Å². The van der Waals surface area contributed by atoms with Gasteiger partial charge in [-0.05, 0) is 18.4 Å². The van der Waals surface area contributed by atoms with Gasteiger partial charge in [0.15, 0.2) is 0 Å². The SMILES string of the molecule is CCOc1nc2c(ccc3ccccc32)nc1C(C)C. The van der Waals surface area contributed by atoms with E-state index < -0.39 is 0 Å². The molecule has 0 atom stereocenters. The van der Waals surface area contributed by atoms with Gasteiger partial charge in [0.25, 0.3) is 0 Å². The Morgan fingerprint density at radius 3 is 2.60 bits per heavy atom. The molecule has 0 radical (unpaired) electrons. The molecule has 1 heterocycles. The van der Waals surface area contributed by atoms with Gasteiger partial charge in [0.1, 0.15) is 11.2 Å². The molecule has 3 nitrogen and oxygen atoms in total. The maximum absolute atomic E-state index is 5.68. The van der Waals surface area contributed by atoms with E-state index in [-0.39, 0.29) is 0 Å². The zero-order valence-corrected chi connectivity index (χ0v) is 12.1. The zero-order chi connectivity index (χ0) is 14.1. The Bertz CT molecular complexity index is 765. The summed E-state index contributed by atoms with van der Waals surface area (Å²) in [6.07, 6.45) is 0. The third kappa shape index (κ3) is 2.09. The van der Waals surface area contributed by atoms with Gasteiger partial charge in [-0.3, -0.25) is 0 Å². The van der Waals surface area contributed by atoms with E-state index >= 15 is 0 Å². The Morgan fingerprint density at radius 1 is 1.05 bits per heavy atom. The first kappa shape index (κ1) is 12.9. The quantitative estimate of drug-likeness (QED) is 0.663. The molecule has 0 aliphatic rings. The van der Waals surface area contributed by atoms with Crippen LogP contribution in [0.15, 0.2) is 36.4 Å². The lowest BCUT2D eigenvalue weighted by Crippen LogP contribution is -2.04. The number of hydrogen-bond acceptors (Lipinski definition) is 3. The number of hydrogen-bond donors (Lipinski definition) is 0. The predicted molar refractivity (Wildman–Crippen MR) is 82.3 cm³/mol. The summed E-state index contributed by atoms with van der Waals surface area (Å²) in [7, 11) is 0. The Morgan fingerprint density at radius 2 is 1.85 bits per heavy atom. The second-order valence-corrected chi connectivity index (χ2v) is 5.16. The summed E-state index contributed by atoms with van der Waals surface area (Å²) >= 11 is 0. The third-order valence-electron chi connectivity index (χ3n) is 3.38. The van der Waals surface area contributed by atoms with Crippen molar-refractivity contribution >= 4 is 21.8 Å². The molecule has 3 aromatic rings. The topological polar surface area (TPSA) is 35.0 Å². The minimum atomic E-state index is 0.292. The van der Waals surface area contributed by atoms with Gasteiger partial charge in [0.05, 0.1) is 12.1 Å². The van der Waals surface area contributed by atoms with Gasteiger partial charge in [-0.1, -0.05) is 44.2 Å². The molecule has 1 aromatic heterocycles. The second kappa shape index (κ2) is 5.08. The van der Waals surface area contributed by atoms with Crippen LogP contribution in [0.5, 0.6) is 5.88 Å². The molecule has 20 heavy (non-hydrogen) atoms. The van der Waals surface area contributed by atoms with Crippen molar-refractivity contribution in [3.05, 3.63) is 42.1 Å². The van der Waals surface area contributed by atoms with Crippen LogP contribution in [0.2, 0.25) is 0 Å². The van der Waals surface area contributed by atoms with E-state index in [1.165, 1.54) is 5.39 Å².